The van der Waals surface area contributed by atoms with Crippen molar-refractivity contribution in [3.63, 3.8) is 0 Å². The highest BCUT2D eigenvalue weighted by atomic mass is 16.5. The molecule has 1 aliphatic heterocycles. The van der Waals surface area contributed by atoms with Crippen molar-refractivity contribution in [3.8, 4) is 0 Å². The molecule has 1 aliphatic rings. The minimum atomic E-state index is -0.300. The van der Waals surface area contributed by atoms with E-state index in [-0.39, 0.29) is 17.9 Å². The van der Waals surface area contributed by atoms with Crippen LogP contribution in [-0.2, 0) is 14.3 Å². The second-order valence-corrected chi connectivity index (χ2v) is 2.61. The zero-order valence-electron chi connectivity index (χ0n) is 6.42. The Hall–Kier alpha value is -1.06. The van der Waals surface area contributed by atoms with Crippen LogP contribution < -0.4 is 5.32 Å². The third-order valence-electron chi connectivity index (χ3n) is 1.57. The van der Waals surface area contributed by atoms with E-state index < -0.39 is 0 Å². The molecule has 1 rings (SSSR count). The zero-order valence-corrected chi connectivity index (χ0v) is 6.42. The summed E-state index contributed by atoms with van der Waals surface area (Å²) >= 11 is 0. The fourth-order valence-electron chi connectivity index (χ4n) is 1.02. The van der Waals surface area contributed by atoms with Crippen molar-refractivity contribution >= 4 is 11.9 Å². The summed E-state index contributed by atoms with van der Waals surface area (Å²) in [5.41, 5.74) is 0. The van der Waals surface area contributed by atoms with E-state index in [1.807, 2.05) is 0 Å². The summed E-state index contributed by atoms with van der Waals surface area (Å²) < 4.78 is 4.72. The molecule has 4 nitrogen and oxygen atoms in total. The van der Waals surface area contributed by atoms with Gasteiger partial charge in [-0.25, -0.2) is 0 Å². The minimum absolute atomic E-state index is 0.0337. The van der Waals surface area contributed by atoms with Gasteiger partial charge in [0.15, 0.2) is 0 Å². The predicted molar refractivity (Wildman–Crippen MR) is 37.8 cm³/mol. The summed E-state index contributed by atoms with van der Waals surface area (Å²) in [6.07, 6.45) is 1.32. The van der Waals surface area contributed by atoms with Crippen LogP contribution >= 0.6 is 0 Å². The summed E-state index contributed by atoms with van der Waals surface area (Å²) in [7, 11) is 0. The maximum absolute atomic E-state index is 10.6. The number of ether oxygens (including phenoxy) is 1. The molecular weight excluding hydrogens is 146 g/mol. The third kappa shape index (κ3) is 2.57. The van der Waals surface area contributed by atoms with Gasteiger partial charge in [0.1, 0.15) is 6.61 Å². The number of carbonyl (C=O) groups is 2. The van der Waals surface area contributed by atoms with Crippen LogP contribution in [0.4, 0.5) is 0 Å². The van der Waals surface area contributed by atoms with Gasteiger partial charge in [0.2, 0.25) is 5.91 Å². The maximum Gasteiger partial charge on any atom is 0.302 e. The summed E-state index contributed by atoms with van der Waals surface area (Å²) in [5.74, 6) is -0.256. The molecule has 1 amide bonds. The van der Waals surface area contributed by atoms with E-state index in [9.17, 15) is 9.59 Å². The van der Waals surface area contributed by atoms with Gasteiger partial charge in [-0.05, 0) is 6.42 Å². The van der Waals surface area contributed by atoms with Crippen LogP contribution in [0.15, 0.2) is 0 Å². The summed E-state index contributed by atoms with van der Waals surface area (Å²) in [6.45, 7) is 1.66. The molecule has 62 valence electrons. The molecule has 1 fully saturated rings. The van der Waals surface area contributed by atoms with Crippen LogP contribution in [0.2, 0.25) is 0 Å². The van der Waals surface area contributed by atoms with Gasteiger partial charge in [-0.1, -0.05) is 0 Å². The molecule has 0 spiro atoms. The first kappa shape index (κ1) is 8.04. The Balaban J connectivity index is 2.18. The SMILES string of the molecule is CC(=O)OC[C@@H]1CCC(=O)N1. The minimum Gasteiger partial charge on any atom is -0.464 e. The molecule has 0 aliphatic carbocycles. The molecule has 0 bridgehead atoms. The lowest BCUT2D eigenvalue weighted by atomic mass is 10.2. The Morgan fingerprint density at radius 1 is 1.82 bits per heavy atom. The van der Waals surface area contributed by atoms with Crippen LogP contribution in [0.5, 0.6) is 0 Å². The number of hydrogen-bond donors (Lipinski definition) is 1. The van der Waals surface area contributed by atoms with Crippen LogP contribution in [0.3, 0.4) is 0 Å². The van der Waals surface area contributed by atoms with Crippen molar-refractivity contribution in [1.82, 2.24) is 5.32 Å². The number of rotatable bonds is 2. The smallest absolute Gasteiger partial charge is 0.302 e. The molecule has 0 aromatic rings. The Morgan fingerprint density at radius 3 is 3.00 bits per heavy atom. The Morgan fingerprint density at radius 2 is 2.55 bits per heavy atom. The summed E-state index contributed by atoms with van der Waals surface area (Å²) in [6, 6.07) is 0.0337. The number of esters is 1. The van der Waals surface area contributed by atoms with Crippen molar-refractivity contribution < 1.29 is 14.3 Å². The largest absolute Gasteiger partial charge is 0.464 e. The predicted octanol–water partition coefficient (Wildman–Crippen LogP) is -0.172. The van der Waals surface area contributed by atoms with E-state index in [0.29, 0.717) is 13.0 Å². The summed E-state index contributed by atoms with van der Waals surface area (Å²) in [4.78, 5) is 21.0. The number of amides is 1. The lowest BCUT2D eigenvalue weighted by Crippen LogP contribution is -2.30. The van der Waals surface area contributed by atoms with E-state index in [0.717, 1.165) is 6.42 Å². The maximum atomic E-state index is 10.6. The second-order valence-electron chi connectivity index (χ2n) is 2.61. The number of hydrogen-bond acceptors (Lipinski definition) is 3. The van der Waals surface area contributed by atoms with Gasteiger partial charge in [-0.3, -0.25) is 9.59 Å². The number of nitrogens with one attached hydrogen (secondary N) is 1. The van der Waals surface area contributed by atoms with Gasteiger partial charge in [-0.2, -0.15) is 0 Å². The summed E-state index contributed by atoms with van der Waals surface area (Å²) in [5, 5.41) is 2.69. The first-order chi connectivity index (χ1) is 5.18. The highest BCUT2D eigenvalue weighted by Gasteiger charge is 2.21. The van der Waals surface area contributed by atoms with Crippen molar-refractivity contribution in [2.24, 2.45) is 0 Å². The molecule has 4 heteroatoms. The van der Waals surface area contributed by atoms with Crippen LogP contribution in [0.25, 0.3) is 0 Å². The molecule has 0 saturated carbocycles. The van der Waals surface area contributed by atoms with Gasteiger partial charge >= 0.3 is 5.97 Å². The van der Waals surface area contributed by atoms with E-state index in [2.05, 4.69) is 5.32 Å². The lowest BCUT2D eigenvalue weighted by molar-refractivity contribution is -0.141. The molecule has 0 unspecified atom stereocenters. The second kappa shape index (κ2) is 3.37. The first-order valence-corrected chi connectivity index (χ1v) is 3.61. The molecule has 1 atom stereocenters. The van der Waals surface area contributed by atoms with Gasteiger partial charge in [-0.15, -0.1) is 0 Å². The van der Waals surface area contributed by atoms with Gasteiger partial charge in [0, 0.05) is 13.3 Å². The Kier molecular flexibility index (Phi) is 2.46. The number of carbonyl (C=O) groups excluding carboxylic acids is 2. The Labute approximate surface area is 64.9 Å². The normalized spacial score (nSPS) is 23.0. The van der Waals surface area contributed by atoms with Crippen molar-refractivity contribution in [2.45, 2.75) is 25.8 Å². The van der Waals surface area contributed by atoms with Gasteiger partial charge in [0.05, 0.1) is 6.04 Å². The van der Waals surface area contributed by atoms with Gasteiger partial charge in [0.25, 0.3) is 0 Å². The molecule has 1 heterocycles. The average Bonchev–Trinajstić information content (AvgIpc) is 2.31. The fourth-order valence-corrected chi connectivity index (χ4v) is 1.02. The van der Waals surface area contributed by atoms with E-state index in [4.69, 9.17) is 4.74 Å². The van der Waals surface area contributed by atoms with E-state index >= 15 is 0 Å². The molecule has 0 aromatic heterocycles. The van der Waals surface area contributed by atoms with Crippen LogP contribution in [0.1, 0.15) is 19.8 Å². The van der Waals surface area contributed by atoms with Gasteiger partial charge < -0.3 is 10.1 Å². The monoisotopic (exact) mass is 157 g/mol. The first-order valence-electron chi connectivity index (χ1n) is 3.61. The Bertz CT molecular complexity index is 179. The van der Waals surface area contributed by atoms with Crippen molar-refractivity contribution in [2.75, 3.05) is 6.61 Å². The van der Waals surface area contributed by atoms with Crippen LogP contribution in [0, 0.1) is 0 Å². The fraction of sp³-hybridized carbons (Fsp3) is 0.714. The third-order valence-corrected chi connectivity index (χ3v) is 1.57. The lowest BCUT2D eigenvalue weighted by Gasteiger charge is -2.08. The molecule has 0 radical (unpaired) electrons. The molecule has 1 saturated heterocycles. The zero-order chi connectivity index (χ0) is 8.27. The van der Waals surface area contributed by atoms with Crippen molar-refractivity contribution in [1.29, 1.82) is 0 Å². The average molecular weight is 157 g/mol. The quantitative estimate of drug-likeness (QED) is 0.566. The topological polar surface area (TPSA) is 55.4 Å². The van der Waals surface area contributed by atoms with E-state index in [1.165, 1.54) is 6.92 Å². The molecule has 11 heavy (non-hydrogen) atoms. The van der Waals surface area contributed by atoms with E-state index in [1.54, 1.807) is 0 Å². The van der Waals surface area contributed by atoms with Crippen molar-refractivity contribution in [3.05, 3.63) is 0 Å². The standard InChI is InChI=1S/C7H11NO3/c1-5(9)11-4-6-2-3-7(10)8-6/h6H,2-4H2,1H3,(H,8,10)/t6-/m0/s1. The highest BCUT2D eigenvalue weighted by Crippen LogP contribution is 2.06. The molecule has 0 aromatic carbocycles. The highest BCUT2D eigenvalue weighted by molar-refractivity contribution is 5.78. The van der Waals surface area contributed by atoms with Crippen LogP contribution in [-0.4, -0.2) is 24.5 Å². The molecule has 1 N–H and O–H groups in total. The molecular formula is C7H11NO3.